The Morgan fingerprint density at radius 3 is 2.94 bits per heavy atom. The molecular weight excluding hydrogens is 246 g/mol. The fourth-order valence-corrected chi connectivity index (χ4v) is 3.31. The van der Waals surface area contributed by atoms with Gasteiger partial charge in [0.05, 0.1) is 18.4 Å². The summed E-state index contributed by atoms with van der Waals surface area (Å²) in [4.78, 5) is 17.1. The summed E-state index contributed by atoms with van der Waals surface area (Å²) in [5.74, 6) is -1.57. The average molecular weight is 259 g/mol. The zero-order valence-corrected chi connectivity index (χ0v) is 9.85. The van der Waals surface area contributed by atoms with Gasteiger partial charge in [0.1, 0.15) is 0 Å². The number of hydrogen-bond donors (Lipinski definition) is 2. The number of nitrogens with one attached hydrogen (secondary N) is 1. The summed E-state index contributed by atoms with van der Waals surface area (Å²) in [7, 11) is -3.63. The van der Waals surface area contributed by atoms with Crippen LogP contribution in [-0.2, 0) is 14.8 Å². The number of carboxylic acids is 1. The molecule has 0 amide bonds. The van der Waals surface area contributed by atoms with Crippen molar-refractivity contribution in [3.63, 3.8) is 0 Å². The van der Waals surface area contributed by atoms with E-state index in [1.54, 1.807) is 0 Å². The minimum Gasteiger partial charge on any atom is -0.481 e. The highest BCUT2D eigenvalue weighted by Gasteiger charge is 2.33. The molecule has 1 fully saturated rings. The smallest absolute Gasteiger partial charge is 0.307 e. The number of rotatable bonds is 3. The van der Waals surface area contributed by atoms with Crippen molar-refractivity contribution < 1.29 is 18.3 Å². The van der Waals surface area contributed by atoms with E-state index in [1.165, 1.54) is 16.8 Å². The Kier molecular flexibility index (Phi) is 3.16. The highest BCUT2D eigenvalue weighted by molar-refractivity contribution is 7.89. The van der Waals surface area contributed by atoms with Gasteiger partial charge in [-0.15, -0.1) is 0 Å². The maximum absolute atomic E-state index is 12.1. The summed E-state index contributed by atoms with van der Waals surface area (Å²) < 4.78 is 25.4. The predicted molar refractivity (Wildman–Crippen MR) is 57.7 cm³/mol. The van der Waals surface area contributed by atoms with Crippen LogP contribution in [0.5, 0.6) is 0 Å². The van der Waals surface area contributed by atoms with Gasteiger partial charge in [-0.1, -0.05) is 0 Å². The molecule has 0 radical (unpaired) electrons. The first-order valence-electron chi connectivity index (χ1n) is 5.23. The van der Waals surface area contributed by atoms with E-state index in [0.29, 0.717) is 19.4 Å². The van der Waals surface area contributed by atoms with E-state index in [2.05, 4.69) is 9.97 Å². The largest absolute Gasteiger partial charge is 0.481 e. The van der Waals surface area contributed by atoms with E-state index >= 15 is 0 Å². The van der Waals surface area contributed by atoms with E-state index in [9.17, 15) is 13.2 Å². The van der Waals surface area contributed by atoms with Gasteiger partial charge in [-0.2, -0.15) is 4.31 Å². The molecule has 1 atom stereocenters. The highest BCUT2D eigenvalue weighted by Crippen LogP contribution is 2.22. The second-order valence-corrected chi connectivity index (χ2v) is 5.86. The number of aliphatic carboxylic acids is 1. The third kappa shape index (κ3) is 2.32. The van der Waals surface area contributed by atoms with Gasteiger partial charge in [0.15, 0.2) is 5.03 Å². The van der Waals surface area contributed by atoms with Crippen LogP contribution in [0, 0.1) is 5.92 Å². The van der Waals surface area contributed by atoms with Crippen molar-refractivity contribution in [2.75, 3.05) is 13.1 Å². The first kappa shape index (κ1) is 12.1. The number of piperidine rings is 1. The number of sulfonamides is 1. The number of aromatic amines is 1. The molecule has 0 spiro atoms. The Morgan fingerprint density at radius 2 is 2.35 bits per heavy atom. The van der Waals surface area contributed by atoms with Crippen LogP contribution >= 0.6 is 0 Å². The van der Waals surface area contributed by atoms with Crippen LogP contribution in [0.2, 0.25) is 0 Å². The second kappa shape index (κ2) is 4.46. The van der Waals surface area contributed by atoms with Gasteiger partial charge < -0.3 is 10.1 Å². The van der Waals surface area contributed by atoms with Crippen LogP contribution in [0.1, 0.15) is 12.8 Å². The lowest BCUT2D eigenvalue weighted by Crippen LogP contribution is -2.42. The fourth-order valence-electron chi connectivity index (χ4n) is 1.89. The number of nitrogens with zero attached hydrogens (tertiary/aromatic N) is 2. The molecule has 8 heteroatoms. The van der Waals surface area contributed by atoms with Crippen molar-refractivity contribution in [3.8, 4) is 0 Å². The topological polar surface area (TPSA) is 103 Å². The summed E-state index contributed by atoms with van der Waals surface area (Å²) in [5, 5.41) is 8.91. The number of imidazole rings is 1. The normalized spacial score (nSPS) is 22.5. The lowest BCUT2D eigenvalue weighted by Gasteiger charge is -2.29. The van der Waals surface area contributed by atoms with Gasteiger partial charge in [-0.05, 0) is 12.8 Å². The van der Waals surface area contributed by atoms with Crippen LogP contribution in [0.15, 0.2) is 17.6 Å². The van der Waals surface area contributed by atoms with Gasteiger partial charge in [0.2, 0.25) is 0 Å². The summed E-state index contributed by atoms with van der Waals surface area (Å²) in [6.07, 6.45) is 3.58. The number of carbonyl (C=O) groups is 1. The Bertz CT molecular complexity index is 496. The Balaban J connectivity index is 2.20. The van der Waals surface area contributed by atoms with Crippen LogP contribution < -0.4 is 0 Å². The standard InChI is InChI=1S/C9H13N3O4S/c13-9(14)7-2-1-3-12(5-7)17(15,16)8-4-10-6-11-8/h4,6-7H,1-3,5H2,(H,10,11)(H,13,14). The fraction of sp³-hybridized carbons (Fsp3) is 0.556. The summed E-state index contributed by atoms with van der Waals surface area (Å²) in [5.41, 5.74) is 0. The van der Waals surface area contributed by atoms with E-state index in [1.807, 2.05) is 0 Å². The van der Waals surface area contributed by atoms with E-state index < -0.39 is 21.9 Å². The molecule has 1 aromatic rings. The van der Waals surface area contributed by atoms with Crippen molar-refractivity contribution in [2.45, 2.75) is 17.9 Å². The molecule has 0 aliphatic carbocycles. The SMILES string of the molecule is O=C(O)C1CCCN(S(=O)(=O)c2cnc[nH]2)C1. The maximum Gasteiger partial charge on any atom is 0.307 e. The molecule has 1 aliphatic rings. The van der Waals surface area contributed by atoms with Gasteiger partial charge in [0.25, 0.3) is 10.0 Å². The first-order chi connectivity index (χ1) is 8.01. The highest BCUT2D eigenvalue weighted by atomic mass is 32.2. The lowest BCUT2D eigenvalue weighted by atomic mass is 10.0. The molecule has 2 heterocycles. The third-order valence-electron chi connectivity index (χ3n) is 2.82. The van der Waals surface area contributed by atoms with Crippen LogP contribution in [0.25, 0.3) is 0 Å². The van der Waals surface area contributed by atoms with Crippen LogP contribution in [0.4, 0.5) is 0 Å². The minimum absolute atomic E-state index is 0.00328. The molecule has 17 heavy (non-hydrogen) atoms. The lowest BCUT2D eigenvalue weighted by molar-refractivity contribution is -0.142. The minimum atomic E-state index is -3.63. The predicted octanol–water partition coefficient (Wildman–Crippen LogP) is -0.105. The molecule has 1 unspecified atom stereocenters. The monoisotopic (exact) mass is 259 g/mol. The summed E-state index contributed by atoms with van der Waals surface area (Å²) in [6.45, 7) is 0.377. The molecule has 1 aromatic heterocycles. The van der Waals surface area contributed by atoms with Crippen molar-refractivity contribution in [2.24, 2.45) is 5.92 Å². The third-order valence-corrected chi connectivity index (χ3v) is 4.61. The summed E-state index contributed by atoms with van der Waals surface area (Å²) in [6, 6.07) is 0. The van der Waals surface area contributed by atoms with Gasteiger partial charge in [0, 0.05) is 13.1 Å². The van der Waals surface area contributed by atoms with Crippen molar-refractivity contribution in [3.05, 3.63) is 12.5 Å². The van der Waals surface area contributed by atoms with Gasteiger partial charge in [-0.25, -0.2) is 13.4 Å². The number of hydrogen-bond acceptors (Lipinski definition) is 4. The molecular formula is C9H13N3O4S. The van der Waals surface area contributed by atoms with E-state index in [4.69, 9.17) is 5.11 Å². The van der Waals surface area contributed by atoms with E-state index in [0.717, 1.165) is 0 Å². The number of H-pyrrole nitrogens is 1. The van der Waals surface area contributed by atoms with Crippen molar-refractivity contribution in [1.82, 2.24) is 14.3 Å². The number of carboxylic acid groups (broad SMARTS) is 1. The quantitative estimate of drug-likeness (QED) is 0.788. The maximum atomic E-state index is 12.1. The Hall–Kier alpha value is -1.41. The first-order valence-corrected chi connectivity index (χ1v) is 6.67. The summed E-state index contributed by atoms with van der Waals surface area (Å²) >= 11 is 0. The molecule has 2 N–H and O–H groups in total. The molecule has 94 valence electrons. The molecule has 1 aliphatic heterocycles. The Labute approximate surface area is 98.5 Å². The van der Waals surface area contributed by atoms with Crippen LogP contribution in [0.3, 0.4) is 0 Å². The zero-order chi connectivity index (χ0) is 12.5. The molecule has 2 rings (SSSR count). The van der Waals surface area contributed by atoms with Gasteiger partial charge in [-0.3, -0.25) is 4.79 Å². The molecule has 0 bridgehead atoms. The van der Waals surface area contributed by atoms with Crippen molar-refractivity contribution >= 4 is 16.0 Å². The molecule has 0 saturated carbocycles. The van der Waals surface area contributed by atoms with Crippen LogP contribution in [-0.4, -0.2) is 46.9 Å². The molecule has 7 nitrogen and oxygen atoms in total. The molecule has 1 saturated heterocycles. The average Bonchev–Trinajstić information content (AvgIpc) is 2.83. The Morgan fingerprint density at radius 1 is 1.59 bits per heavy atom. The molecule has 0 aromatic carbocycles. The number of aromatic nitrogens is 2. The van der Waals surface area contributed by atoms with E-state index in [-0.39, 0.29) is 11.6 Å². The van der Waals surface area contributed by atoms with Crippen molar-refractivity contribution in [1.29, 1.82) is 0 Å². The zero-order valence-electron chi connectivity index (χ0n) is 9.04. The second-order valence-electron chi connectivity index (χ2n) is 3.96. The van der Waals surface area contributed by atoms with Gasteiger partial charge >= 0.3 is 5.97 Å².